The molecular formula is C23H22N4O. The van der Waals surface area contributed by atoms with Gasteiger partial charge in [0.25, 0.3) is 5.56 Å². The van der Waals surface area contributed by atoms with Gasteiger partial charge >= 0.3 is 0 Å². The lowest BCUT2D eigenvalue weighted by molar-refractivity contribution is 0.805. The molecule has 5 heteroatoms. The second kappa shape index (κ2) is 7.96. The van der Waals surface area contributed by atoms with Gasteiger partial charge in [0, 0.05) is 24.3 Å². The van der Waals surface area contributed by atoms with Crippen molar-refractivity contribution in [1.82, 2.24) is 9.66 Å². The van der Waals surface area contributed by atoms with E-state index < -0.39 is 0 Å². The Hall–Kier alpha value is -3.60. The fraction of sp³-hybridized carbons (Fsp3) is 0.130. The lowest BCUT2D eigenvalue weighted by Gasteiger charge is -2.16. The molecule has 2 N–H and O–H groups in total. The maximum atomic E-state index is 13.1. The monoisotopic (exact) mass is 370 g/mol. The number of hydrogen-bond donors (Lipinski definition) is 2. The van der Waals surface area contributed by atoms with Crippen LogP contribution in [0, 0.1) is 6.92 Å². The van der Waals surface area contributed by atoms with E-state index in [2.05, 4.69) is 29.8 Å². The summed E-state index contributed by atoms with van der Waals surface area (Å²) in [6.45, 7) is 3.33. The van der Waals surface area contributed by atoms with Gasteiger partial charge in [0.1, 0.15) is 0 Å². The first-order valence-corrected chi connectivity index (χ1v) is 9.34. The van der Waals surface area contributed by atoms with E-state index in [0.29, 0.717) is 29.8 Å². The first kappa shape index (κ1) is 17.8. The fourth-order valence-corrected chi connectivity index (χ4v) is 3.20. The van der Waals surface area contributed by atoms with Crippen LogP contribution in [-0.2, 0) is 0 Å². The van der Waals surface area contributed by atoms with Crippen molar-refractivity contribution in [2.75, 3.05) is 23.8 Å². The van der Waals surface area contributed by atoms with E-state index in [1.807, 2.05) is 66.7 Å². The van der Waals surface area contributed by atoms with Crippen molar-refractivity contribution in [3.05, 3.63) is 94.8 Å². The molecule has 0 saturated heterocycles. The molecule has 0 atom stereocenters. The van der Waals surface area contributed by atoms with Crippen molar-refractivity contribution in [2.24, 2.45) is 0 Å². The molecule has 0 aliphatic heterocycles. The van der Waals surface area contributed by atoms with Crippen molar-refractivity contribution in [2.45, 2.75) is 6.92 Å². The molecule has 4 rings (SSSR count). The number of benzene rings is 3. The van der Waals surface area contributed by atoms with Crippen molar-refractivity contribution in [1.29, 1.82) is 0 Å². The van der Waals surface area contributed by atoms with Gasteiger partial charge in [0.2, 0.25) is 0 Å². The topological polar surface area (TPSA) is 58.9 Å². The van der Waals surface area contributed by atoms with E-state index in [0.717, 1.165) is 11.3 Å². The highest BCUT2D eigenvalue weighted by Gasteiger charge is 2.12. The van der Waals surface area contributed by atoms with E-state index in [9.17, 15) is 4.79 Å². The quantitative estimate of drug-likeness (QED) is 0.503. The first-order valence-electron chi connectivity index (χ1n) is 9.34. The molecule has 5 nitrogen and oxygen atoms in total. The number of aryl methyl sites for hydroxylation is 1. The number of rotatable bonds is 6. The van der Waals surface area contributed by atoms with Gasteiger partial charge < -0.3 is 10.7 Å². The molecule has 1 aromatic heterocycles. The number of nitrogens with one attached hydrogen (secondary N) is 2. The minimum Gasteiger partial charge on any atom is -0.383 e. The summed E-state index contributed by atoms with van der Waals surface area (Å²) in [6, 6.07) is 25.3. The van der Waals surface area contributed by atoms with Crippen LogP contribution in [-0.4, -0.2) is 22.7 Å². The molecule has 0 aliphatic carbocycles. The Balaban J connectivity index is 1.62. The van der Waals surface area contributed by atoms with Crippen LogP contribution >= 0.6 is 0 Å². The zero-order valence-corrected chi connectivity index (χ0v) is 15.7. The fourth-order valence-electron chi connectivity index (χ4n) is 3.20. The molecule has 0 spiro atoms. The first-order chi connectivity index (χ1) is 13.7. The molecule has 4 aromatic rings. The van der Waals surface area contributed by atoms with E-state index in [4.69, 9.17) is 4.98 Å². The number of fused-ring (bicyclic) bond motifs is 1. The molecule has 0 radical (unpaired) electrons. The van der Waals surface area contributed by atoms with Gasteiger partial charge in [-0.25, -0.2) is 9.66 Å². The lowest BCUT2D eigenvalue weighted by atomic mass is 10.2. The van der Waals surface area contributed by atoms with Crippen LogP contribution < -0.4 is 16.3 Å². The third-order valence-corrected chi connectivity index (χ3v) is 4.66. The normalized spacial score (nSPS) is 10.8. The van der Waals surface area contributed by atoms with Crippen LogP contribution in [0.1, 0.15) is 5.56 Å². The zero-order chi connectivity index (χ0) is 19.3. The Morgan fingerprint density at radius 3 is 2.39 bits per heavy atom. The van der Waals surface area contributed by atoms with Gasteiger partial charge in [-0.15, -0.1) is 0 Å². The Morgan fingerprint density at radius 1 is 0.857 bits per heavy atom. The summed E-state index contributed by atoms with van der Waals surface area (Å²) in [4.78, 5) is 17.8. The maximum absolute atomic E-state index is 13.1. The number of hydrogen-bond acceptors (Lipinski definition) is 4. The average Bonchev–Trinajstić information content (AvgIpc) is 2.74. The Kier molecular flexibility index (Phi) is 5.06. The number of para-hydroxylation sites is 2. The minimum atomic E-state index is -0.0969. The minimum absolute atomic E-state index is 0.0969. The van der Waals surface area contributed by atoms with Crippen LogP contribution in [0.2, 0.25) is 0 Å². The van der Waals surface area contributed by atoms with Gasteiger partial charge in [-0.05, 0) is 30.7 Å². The molecule has 28 heavy (non-hydrogen) atoms. The third-order valence-electron chi connectivity index (χ3n) is 4.66. The van der Waals surface area contributed by atoms with Crippen LogP contribution in [0.4, 0.5) is 5.69 Å². The number of anilines is 1. The summed E-state index contributed by atoms with van der Waals surface area (Å²) >= 11 is 0. The van der Waals surface area contributed by atoms with Gasteiger partial charge in [-0.3, -0.25) is 4.79 Å². The molecule has 0 unspecified atom stereocenters. The Labute approximate surface area is 163 Å². The van der Waals surface area contributed by atoms with Gasteiger partial charge in [0.05, 0.1) is 10.9 Å². The summed E-state index contributed by atoms with van der Waals surface area (Å²) in [5, 5.41) is 4.00. The van der Waals surface area contributed by atoms with Gasteiger partial charge in [-0.1, -0.05) is 60.7 Å². The molecule has 0 saturated carbocycles. The Morgan fingerprint density at radius 2 is 1.57 bits per heavy atom. The summed E-state index contributed by atoms with van der Waals surface area (Å²) in [7, 11) is 0. The third kappa shape index (κ3) is 3.60. The molecule has 0 bridgehead atoms. The Bertz CT molecular complexity index is 1150. The highest BCUT2D eigenvalue weighted by Crippen LogP contribution is 2.18. The number of nitrogens with zero attached hydrogens (tertiary/aromatic N) is 2. The second-order valence-electron chi connectivity index (χ2n) is 6.61. The number of aromatic nitrogens is 2. The summed E-state index contributed by atoms with van der Waals surface area (Å²) < 4.78 is 1.55. The summed E-state index contributed by atoms with van der Waals surface area (Å²) in [6.07, 6.45) is 0. The second-order valence-corrected chi connectivity index (χ2v) is 6.61. The van der Waals surface area contributed by atoms with Crippen molar-refractivity contribution >= 4 is 16.6 Å². The van der Waals surface area contributed by atoms with Crippen molar-refractivity contribution < 1.29 is 0 Å². The summed E-state index contributed by atoms with van der Waals surface area (Å²) in [5.74, 6) is 0.611. The molecular weight excluding hydrogens is 348 g/mol. The maximum Gasteiger partial charge on any atom is 0.280 e. The average molecular weight is 370 g/mol. The van der Waals surface area contributed by atoms with Crippen molar-refractivity contribution in [3.63, 3.8) is 0 Å². The SMILES string of the molecule is Cc1ccccc1NCCNn1c(-c2ccccc2)nc2ccccc2c1=O. The van der Waals surface area contributed by atoms with E-state index in [1.54, 1.807) is 4.68 Å². The smallest absolute Gasteiger partial charge is 0.280 e. The largest absolute Gasteiger partial charge is 0.383 e. The summed E-state index contributed by atoms with van der Waals surface area (Å²) in [5.41, 5.74) is 7.02. The molecule has 0 aliphatic rings. The molecule has 1 heterocycles. The molecule has 0 amide bonds. The van der Waals surface area contributed by atoms with E-state index in [-0.39, 0.29) is 5.56 Å². The predicted octanol–water partition coefficient (Wildman–Crippen LogP) is 4.03. The van der Waals surface area contributed by atoms with Crippen LogP contribution in [0.15, 0.2) is 83.7 Å². The molecule has 3 aromatic carbocycles. The highest BCUT2D eigenvalue weighted by atomic mass is 16.1. The zero-order valence-electron chi connectivity index (χ0n) is 15.7. The van der Waals surface area contributed by atoms with Crippen LogP contribution in [0.5, 0.6) is 0 Å². The van der Waals surface area contributed by atoms with Gasteiger partial charge in [0.15, 0.2) is 5.82 Å². The molecule has 140 valence electrons. The van der Waals surface area contributed by atoms with Crippen molar-refractivity contribution in [3.8, 4) is 11.4 Å². The predicted molar refractivity (Wildman–Crippen MR) is 115 cm³/mol. The van der Waals surface area contributed by atoms with Gasteiger partial charge in [-0.2, -0.15) is 0 Å². The van der Waals surface area contributed by atoms with Crippen LogP contribution in [0.25, 0.3) is 22.3 Å². The lowest BCUT2D eigenvalue weighted by Crippen LogP contribution is -2.34. The van der Waals surface area contributed by atoms with E-state index >= 15 is 0 Å². The van der Waals surface area contributed by atoms with Crippen LogP contribution in [0.3, 0.4) is 0 Å². The van der Waals surface area contributed by atoms with E-state index in [1.165, 1.54) is 5.56 Å². The molecule has 0 fully saturated rings. The standard InChI is InChI=1S/C23H22N4O/c1-17-9-5-7-13-20(17)24-15-16-25-27-22(18-10-3-2-4-11-18)26-21-14-8-6-12-19(21)23(27)28/h2-14,24-25H,15-16H2,1H3. The highest BCUT2D eigenvalue weighted by molar-refractivity contribution is 5.79.